The number of allylic oxidation sites excluding steroid dienone is 1. The number of carbonyl (C=O) groups is 11. The van der Waals surface area contributed by atoms with Gasteiger partial charge in [0.2, 0.25) is 53.2 Å². The lowest BCUT2D eigenvalue weighted by Crippen LogP contribution is -2.61. The molecule has 0 radical (unpaired) electrons. The number of ketones is 1. The van der Waals surface area contributed by atoms with Crippen molar-refractivity contribution in [2.45, 2.75) is 144 Å². The summed E-state index contributed by atoms with van der Waals surface area (Å²) in [5, 5.41) is 28.9. The molecule has 1 saturated heterocycles. The number of rotatable bonds is 15. The number of carbonyl (C=O) groups excluding carboxylic acids is 10. The topological polar surface area (TPSA) is 392 Å². The molecule has 0 saturated carbocycles. The first-order chi connectivity index (χ1) is 48.4. The van der Waals surface area contributed by atoms with Gasteiger partial charge in [0.25, 0.3) is 0 Å². The Morgan fingerprint density at radius 3 is 2.07 bits per heavy atom. The number of carboxylic acid groups (broad SMARTS) is 1. The number of hydrogen-bond acceptors (Lipinski definition) is 15. The minimum Gasteiger partial charge on any atom is -0.481 e. The Morgan fingerprint density at radius 1 is 0.693 bits per heavy atom. The summed E-state index contributed by atoms with van der Waals surface area (Å²) in [5.74, 6) is -11.7. The third-order valence-electron chi connectivity index (χ3n) is 18.1. The third kappa shape index (κ3) is 20.9. The Balaban J connectivity index is 1.06. The number of unbranched alkanes of at least 4 members (excludes halogenated alkanes) is 1. The van der Waals surface area contributed by atoms with Crippen molar-refractivity contribution in [1.82, 2.24) is 57.1 Å². The van der Waals surface area contributed by atoms with Crippen molar-refractivity contribution >= 4 is 105 Å². The first-order valence-electron chi connectivity index (χ1n) is 33.3. The van der Waals surface area contributed by atoms with Gasteiger partial charge in [-0.25, -0.2) is 18.2 Å². The molecule has 8 atom stereocenters. The molecular formula is C71H82F3N13O12S2. The van der Waals surface area contributed by atoms with Gasteiger partial charge in [0.1, 0.15) is 53.7 Å². The van der Waals surface area contributed by atoms with E-state index in [4.69, 9.17) is 11.5 Å². The number of carboxylic acids is 1. The van der Waals surface area contributed by atoms with Gasteiger partial charge in [0.05, 0.1) is 30.7 Å². The van der Waals surface area contributed by atoms with Gasteiger partial charge in [0, 0.05) is 97.1 Å². The van der Waals surface area contributed by atoms with E-state index in [0.29, 0.717) is 76.2 Å². The van der Waals surface area contributed by atoms with E-state index in [2.05, 4.69) is 52.2 Å². The maximum absolute atomic E-state index is 15.2. The van der Waals surface area contributed by atoms with Crippen molar-refractivity contribution in [2.75, 3.05) is 31.1 Å². The van der Waals surface area contributed by atoms with Crippen LogP contribution in [0.1, 0.15) is 104 Å². The highest BCUT2D eigenvalue weighted by Gasteiger charge is 2.48. The zero-order valence-corrected chi connectivity index (χ0v) is 57.1. The van der Waals surface area contributed by atoms with E-state index in [1.807, 2.05) is 24.3 Å². The number of aromatic nitrogens is 3. The monoisotopic (exact) mass is 1430 g/mol. The summed E-state index contributed by atoms with van der Waals surface area (Å²) in [6, 6.07) is 10.9. The lowest BCUT2D eigenvalue weighted by atomic mass is 9.86. The molecule has 9 amide bonds. The number of hydrogen-bond donors (Lipinski definition) is 12. The minimum atomic E-state index is -2.04. The van der Waals surface area contributed by atoms with Gasteiger partial charge in [-0.05, 0) is 133 Å². The van der Waals surface area contributed by atoms with Crippen LogP contribution >= 0.6 is 23.5 Å². The number of H-pyrrole nitrogens is 2. The number of benzene rings is 4. The second-order valence-corrected chi connectivity index (χ2v) is 27.7. The number of aliphatic carboxylic acids is 1. The summed E-state index contributed by atoms with van der Waals surface area (Å²) >= 11 is 2.85. The number of nitrogens with zero attached hydrogens (tertiary/aromatic N) is 2. The van der Waals surface area contributed by atoms with E-state index >= 15 is 19.2 Å². The van der Waals surface area contributed by atoms with Gasteiger partial charge < -0.3 is 68.7 Å². The fourth-order valence-electron chi connectivity index (χ4n) is 12.7. The molecule has 25 nitrogen and oxygen atoms in total. The molecule has 2 bridgehead atoms. The molecule has 1 aliphatic carbocycles. The molecule has 2 aromatic heterocycles. The Kier molecular flexibility index (Phi) is 26.5. The molecule has 4 heterocycles. The van der Waals surface area contributed by atoms with Crippen LogP contribution in [0.4, 0.5) is 13.2 Å². The van der Waals surface area contributed by atoms with Crippen LogP contribution in [-0.2, 0) is 89.9 Å². The molecule has 0 spiro atoms. The third-order valence-corrected chi connectivity index (χ3v) is 20.3. The maximum Gasteiger partial charge on any atom is 0.305 e. The van der Waals surface area contributed by atoms with Crippen molar-refractivity contribution in [1.29, 1.82) is 0 Å². The Labute approximate surface area is 588 Å². The van der Waals surface area contributed by atoms with Crippen LogP contribution in [0.5, 0.6) is 0 Å². The lowest BCUT2D eigenvalue weighted by Gasteiger charge is -2.37. The number of fused-ring (bicyclic) bond motifs is 5. The number of Topliss-reactive ketones (excluding diaryl/α,β-unsaturated/α-hetero) is 1. The first-order valence-corrected chi connectivity index (χ1v) is 35.6. The second-order valence-electron chi connectivity index (χ2n) is 25.6. The number of halogens is 3. The number of primary amides is 1. The molecule has 2 aliphatic heterocycles. The van der Waals surface area contributed by atoms with E-state index in [-0.39, 0.29) is 68.5 Å². The highest BCUT2D eigenvalue weighted by atomic mass is 32.2. The van der Waals surface area contributed by atoms with Gasteiger partial charge >= 0.3 is 5.97 Å². The first kappa shape index (κ1) is 75.4. The van der Waals surface area contributed by atoms with Crippen molar-refractivity contribution in [3.63, 3.8) is 0 Å². The van der Waals surface area contributed by atoms with Gasteiger partial charge in [0.15, 0.2) is 5.78 Å². The normalized spacial score (nSPS) is 23.2. The Hall–Kier alpha value is -9.81. The summed E-state index contributed by atoms with van der Waals surface area (Å²) in [7, 11) is 0. The highest BCUT2D eigenvalue weighted by molar-refractivity contribution is 7.98. The molecule has 9 rings (SSSR count). The van der Waals surface area contributed by atoms with Crippen LogP contribution in [0.15, 0.2) is 110 Å². The largest absolute Gasteiger partial charge is 0.481 e. The number of nitrogens with two attached hydrogens (primary N) is 2. The van der Waals surface area contributed by atoms with Crippen LogP contribution in [0.25, 0.3) is 16.5 Å². The van der Waals surface area contributed by atoms with E-state index < -0.39 is 156 Å². The van der Waals surface area contributed by atoms with Crippen LogP contribution in [0, 0.1) is 23.4 Å². The summed E-state index contributed by atoms with van der Waals surface area (Å²) in [5.41, 5.74) is 14.7. The van der Waals surface area contributed by atoms with Crippen molar-refractivity contribution < 1.29 is 71.0 Å². The standard InChI is InChI=1S/C71H82F3N13O12S2/c1-71-19-6-21-87(71)70(99)59(25-40-7-5-10-47(72)24-40)86-68(97)57(31-50-34-77-39-80-50)84-69(98)58(32-63(91)92)85-67(96)56(26-44-13-12-43-14-15-48(73)29-51(43)44)83-66(95)55(27-45-33-78-53-17-16-49(74)30-52(45)53)82-62(90)35-79-65(94)54(11-2-3-20-75)81-61(89)18-22-100-36-41-8-4-9-42(23-41)37-101-38-46(64(76)93)28-60(71)88/h4-5,7-10,13-17,23-24,29-30,33-34,39,46,54-59,78H,2-3,6,11-12,18-22,25-28,31-32,35-38,75H2,1H3,(H2,76,93)(H,77,80)(H,79,94)(H,81,89)(H,82,90)(H,83,95)(H,84,98)(H,85,96)(H,86,97)(H,91,92)/t46-,54-,55-,56-,57-,58-,59-,71-/m0/s1. The zero-order chi connectivity index (χ0) is 72.3. The predicted molar refractivity (Wildman–Crippen MR) is 372 cm³/mol. The summed E-state index contributed by atoms with van der Waals surface area (Å²) in [6.07, 6.45) is 4.63. The molecule has 0 unspecified atom stereocenters. The predicted octanol–water partition coefficient (Wildman–Crippen LogP) is 4.01. The van der Waals surface area contributed by atoms with Gasteiger partial charge in [-0.2, -0.15) is 23.5 Å². The molecular weight excluding hydrogens is 1350 g/mol. The molecule has 3 aliphatic rings. The van der Waals surface area contributed by atoms with Gasteiger partial charge in [-0.3, -0.25) is 52.7 Å². The maximum atomic E-state index is 15.2. The molecule has 101 heavy (non-hydrogen) atoms. The average molecular weight is 1430 g/mol. The average Bonchev–Trinajstić information content (AvgIpc) is 1.69. The number of thioether (sulfide) groups is 2. The Morgan fingerprint density at radius 2 is 1.36 bits per heavy atom. The van der Waals surface area contributed by atoms with E-state index in [1.165, 1.54) is 102 Å². The van der Waals surface area contributed by atoms with Crippen LogP contribution < -0.4 is 48.7 Å². The molecule has 6 aromatic rings. The number of imidazole rings is 1. The smallest absolute Gasteiger partial charge is 0.305 e. The fourth-order valence-corrected chi connectivity index (χ4v) is 14.7. The SMILES string of the molecule is C[C@@]12CCCN1C(=O)[C@H](Cc1cccc(F)c1)NC(=O)[C@H](Cc1cnc[nH]1)NC(=O)[C@H](CC(=O)O)NC(=O)[C@H](CC1=CCc3ccc(F)cc31)NC(=O)[C@H](Cc1c[nH]c3ccc(F)cc13)NC(=O)CNC(=O)[C@H](CCCCN)NC(=O)CCSCc1cccc(c1)CSC[C@@H](C(N)=O)CC2=O. The quantitative estimate of drug-likeness (QED) is 0.0646. The van der Waals surface area contributed by atoms with Crippen LogP contribution in [-0.4, -0.2) is 163 Å². The van der Waals surface area contributed by atoms with Crippen molar-refractivity contribution in [3.05, 3.63) is 166 Å². The Bertz CT molecular complexity index is 4080. The van der Waals surface area contributed by atoms with E-state index in [9.17, 15) is 51.8 Å². The van der Waals surface area contributed by atoms with Crippen LogP contribution in [0.3, 0.4) is 0 Å². The number of nitrogens with one attached hydrogen (secondary N) is 9. The van der Waals surface area contributed by atoms with Crippen LogP contribution in [0.2, 0.25) is 0 Å². The second kappa shape index (κ2) is 35.5. The fraction of sp³-hybridized carbons (Fsp3) is 0.408. The molecule has 4 aromatic carbocycles. The lowest BCUT2D eigenvalue weighted by molar-refractivity contribution is -0.146. The molecule has 536 valence electrons. The molecule has 30 heteroatoms. The van der Waals surface area contributed by atoms with E-state index in [1.54, 1.807) is 13.0 Å². The van der Waals surface area contributed by atoms with Gasteiger partial charge in [-0.15, -0.1) is 0 Å². The number of aromatic amines is 2. The molecule has 1 fully saturated rings. The van der Waals surface area contributed by atoms with E-state index in [0.717, 1.165) is 17.2 Å². The molecule has 14 N–H and O–H groups in total. The number of amides is 9. The highest BCUT2D eigenvalue weighted by Crippen LogP contribution is 2.35. The summed E-state index contributed by atoms with van der Waals surface area (Å²) < 4.78 is 44.8. The van der Waals surface area contributed by atoms with Gasteiger partial charge in [-0.1, -0.05) is 48.5 Å². The summed E-state index contributed by atoms with van der Waals surface area (Å²) in [4.78, 5) is 169. The zero-order valence-electron chi connectivity index (χ0n) is 55.5. The summed E-state index contributed by atoms with van der Waals surface area (Å²) in [6.45, 7) is 1.14. The van der Waals surface area contributed by atoms with Crippen molar-refractivity contribution in [3.8, 4) is 0 Å². The van der Waals surface area contributed by atoms with Crippen molar-refractivity contribution in [2.24, 2.45) is 17.4 Å². The minimum absolute atomic E-state index is 0.0143.